The van der Waals surface area contributed by atoms with Crippen LogP contribution in [0.5, 0.6) is 11.5 Å². The molecule has 2 N–H and O–H groups in total. The zero-order valence-electron chi connectivity index (χ0n) is 18.3. The maximum atomic E-state index is 14.9. The summed E-state index contributed by atoms with van der Waals surface area (Å²) in [5, 5.41) is 21.7. The standard InChI is InChI=1S/C26H22FNO5/c1-14-13-21(33-3)15(2)12-17(14)24(30)22-23(16-8-4-5-9-18(16)27)28(26(32)25(22)31)19-10-6-7-11-20(19)29/h4-13,23,29-30H,1-3H3/b24-22+. The highest BCUT2D eigenvalue weighted by molar-refractivity contribution is 6.52. The van der Waals surface area contributed by atoms with E-state index in [1.165, 1.54) is 37.4 Å². The number of para-hydroxylation sites is 2. The second-order valence-electron chi connectivity index (χ2n) is 7.82. The summed E-state index contributed by atoms with van der Waals surface area (Å²) < 4.78 is 20.2. The number of hydrogen-bond donors (Lipinski definition) is 2. The maximum absolute atomic E-state index is 14.9. The topological polar surface area (TPSA) is 87.1 Å². The molecule has 0 aromatic heterocycles. The van der Waals surface area contributed by atoms with Gasteiger partial charge in [-0.1, -0.05) is 30.3 Å². The number of halogens is 1. The first-order valence-electron chi connectivity index (χ1n) is 10.2. The number of nitrogens with zero attached hydrogens (tertiary/aromatic N) is 1. The van der Waals surface area contributed by atoms with Crippen LogP contribution in [-0.4, -0.2) is 29.0 Å². The molecular formula is C26H22FNO5. The minimum absolute atomic E-state index is 0.0180. The first-order valence-corrected chi connectivity index (χ1v) is 10.2. The fourth-order valence-electron chi connectivity index (χ4n) is 4.15. The molecule has 1 heterocycles. The summed E-state index contributed by atoms with van der Waals surface area (Å²) in [5.74, 6) is -2.69. The van der Waals surface area contributed by atoms with Crippen LogP contribution in [-0.2, 0) is 9.59 Å². The summed E-state index contributed by atoms with van der Waals surface area (Å²) in [7, 11) is 1.53. The lowest BCUT2D eigenvalue weighted by Gasteiger charge is -2.26. The predicted molar refractivity (Wildman–Crippen MR) is 122 cm³/mol. The van der Waals surface area contributed by atoms with Crippen molar-refractivity contribution < 1.29 is 28.9 Å². The molecule has 1 fully saturated rings. The summed E-state index contributed by atoms with van der Waals surface area (Å²) in [6.07, 6.45) is 0. The molecule has 168 valence electrons. The summed E-state index contributed by atoms with van der Waals surface area (Å²) >= 11 is 0. The highest BCUT2D eigenvalue weighted by Gasteiger charge is 2.48. The van der Waals surface area contributed by atoms with Crippen LogP contribution < -0.4 is 9.64 Å². The van der Waals surface area contributed by atoms with Crippen LogP contribution in [0, 0.1) is 19.7 Å². The van der Waals surface area contributed by atoms with Crippen molar-refractivity contribution in [2.45, 2.75) is 19.9 Å². The molecular weight excluding hydrogens is 425 g/mol. The Morgan fingerprint density at radius 1 is 1.00 bits per heavy atom. The van der Waals surface area contributed by atoms with E-state index in [0.717, 1.165) is 4.90 Å². The number of anilines is 1. The number of Topliss-reactive ketones (excluding diaryl/α,β-unsaturated/α-hetero) is 1. The van der Waals surface area contributed by atoms with Gasteiger partial charge >= 0.3 is 0 Å². The van der Waals surface area contributed by atoms with Gasteiger partial charge in [0.2, 0.25) is 0 Å². The second kappa shape index (κ2) is 8.43. The summed E-state index contributed by atoms with van der Waals surface area (Å²) in [6.45, 7) is 3.51. The number of benzene rings is 3. The highest BCUT2D eigenvalue weighted by atomic mass is 19.1. The van der Waals surface area contributed by atoms with Crippen molar-refractivity contribution in [2.24, 2.45) is 0 Å². The number of hydrogen-bond acceptors (Lipinski definition) is 5. The average Bonchev–Trinajstić information content (AvgIpc) is 3.05. The van der Waals surface area contributed by atoms with Crippen molar-refractivity contribution in [1.82, 2.24) is 0 Å². The maximum Gasteiger partial charge on any atom is 0.300 e. The van der Waals surface area contributed by atoms with Gasteiger partial charge in [0.15, 0.2) is 0 Å². The SMILES string of the molecule is COc1cc(C)c(/C(O)=C2\C(=O)C(=O)N(c3ccccc3O)C2c2ccccc2F)cc1C. The monoisotopic (exact) mass is 447 g/mol. The van der Waals surface area contributed by atoms with Crippen molar-refractivity contribution in [1.29, 1.82) is 0 Å². The van der Waals surface area contributed by atoms with Gasteiger partial charge in [-0.15, -0.1) is 0 Å². The van der Waals surface area contributed by atoms with Gasteiger partial charge in [-0.05, 0) is 55.3 Å². The van der Waals surface area contributed by atoms with Crippen molar-refractivity contribution in [2.75, 3.05) is 12.0 Å². The fourth-order valence-corrected chi connectivity index (χ4v) is 4.15. The zero-order valence-corrected chi connectivity index (χ0v) is 18.3. The molecule has 0 aliphatic carbocycles. The average molecular weight is 447 g/mol. The third-order valence-corrected chi connectivity index (χ3v) is 5.78. The normalized spacial score (nSPS) is 17.5. The first-order chi connectivity index (χ1) is 15.8. The number of amides is 1. The molecule has 1 unspecified atom stereocenters. The molecule has 0 spiro atoms. The molecule has 3 aromatic rings. The van der Waals surface area contributed by atoms with Crippen molar-refractivity contribution >= 4 is 23.1 Å². The Balaban J connectivity index is 2.02. The van der Waals surface area contributed by atoms with Gasteiger partial charge in [0, 0.05) is 11.1 Å². The Bertz CT molecular complexity index is 1310. The van der Waals surface area contributed by atoms with E-state index in [2.05, 4.69) is 0 Å². The minimum Gasteiger partial charge on any atom is -0.507 e. The molecule has 6 nitrogen and oxygen atoms in total. The van der Waals surface area contributed by atoms with E-state index in [0.29, 0.717) is 22.4 Å². The van der Waals surface area contributed by atoms with Gasteiger partial charge in [0.1, 0.15) is 23.1 Å². The van der Waals surface area contributed by atoms with E-state index in [1.54, 1.807) is 44.2 Å². The number of ketones is 1. The van der Waals surface area contributed by atoms with Crippen LogP contribution in [0.4, 0.5) is 10.1 Å². The third-order valence-electron chi connectivity index (χ3n) is 5.78. The quantitative estimate of drug-likeness (QED) is 0.341. The Morgan fingerprint density at radius 3 is 2.33 bits per heavy atom. The van der Waals surface area contributed by atoms with Gasteiger partial charge in [-0.25, -0.2) is 4.39 Å². The molecule has 7 heteroatoms. The molecule has 1 aliphatic rings. The van der Waals surface area contributed by atoms with E-state index in [4.69, 9.17) is 4.74 Å². The van der Waals surface area contributed by atoms with Gasteiger partial charge in [0.25, 0.3) is 11.7 Å². The Kier molecular flexibility index (Phi) is 5.64. The Morgan fingerprint density at radius 2 is 1.67 bits per heavy atom. The predicted octanol–water partition coefficient (Wildman–Crippen LogP) is 4.78. The molecule has 0 bridgehead atoms. The van der Waals surface area contributed by atoms with Crippen LogP contribution in [0.1, 0.15) is 28.3 Å². The Hall–Kier alpha value is -4.13. The fraction of sp³-hybridized carbons (Fsp3) is 0.154. The van der Waals surface area contributed by atoms with E-state index < -0.39 is 29.3 Å². The van der Waals surface area contributed by atoms with Crippen molar-refractivity contribution in [3.63, 3.8) is 0 Å². The number of aliphatic hydroxyl groups excluding tert-OH is 1. The number of carbonyl (C=O) groups is 2. The number of aryl methyl sites for hydroxylation is 2. The van der Waals surface area contributed by atoms with Crippen LogP contribution in [0.15, 0.2) is 66.2 Å². The van der Waals surface area contributed by atoms with Crippen LogP contribution in [0.2, 0.25) is 0 Å². The summed E-state index contributed by atoms with van der Waals surface area (Å²) in [6, 6.07) is 13.8. The van der Waals surface area contributed by atoms with E-state index >= 15 is 0 Å². The first kappa shape index (κ1) is 22.1. The lowest BCUT2D eigenvalue weighted by molar-refractivity contribution is -0.132. The largest absolute Gasteiger partial charge is 0.507 e. The van der Waals surface area contributed by atoms with Crippen LogP contribution in [0.25, 0.3) is 5.76 Å². The number of carbonyl (C=O) groups excluding carboxylic acids is 2. The molecule has 1 aliphatic heterocycles. The van der Waals surface area contributed by atoms with Crippen molar-refractivity contribution in [3.05, 3.63) is 94.3 Å². The van der Waals surface area contributed by atoms with Crippen molar-refractivity contribution in [3.8, 4) is 11.5 Å². The molecule has 33 heavy (non-hydrogen) atoms. The number of aliphatic hydroxyl groups is 1. The summed E-state index contributed by atoms with van der Waals surface area (Å²) in [4.78, 5) is 27.3. The lowest BCUT2D eigenvalue weighted by atomic mass is 9.92. The van der Waals surface area contributed by atoms with Gasteiger partial charge in [-0.2, -0.15) is 0 Å². The van der Waals surface area contributed by atoms with Gasteiger partial charge < -0.3 is 14.9 Å². The number of rotatable bonds is 4. The molecule has 1 saturated heterocycles. The van der Waals surface area contributed by atoms with E-state index in [1.807, 2.05) is 0 Å². The Labute approximate surface area is 190 Å². The molecule has 3 aromatic carbocycles. The number of phenolic OH excluding ortho intramolecular Hbond substituents is 1. The number of phenols is 1. The smallest absolute Gasteiger partial charge is 0.300 e. The number of methoxy groups -OCH3 is 1. The van der Waals surface area contributed by atoms with Gasteiger partial charge in [0.05, 0.1) is 24.4 Å². The summed E-state index contributed by atoms with van der Waals surface area (Å²) in [5.41, 5.74) is 1.43. The molecule has 0 radical (unpaired) electrons. The van der Waals surface area contributed by atoms with Crippen LogP contribution in [0.3, 0.4) is 0 Å². The zero-order chi connectivity index (χ0) is 23.9. The lowest BCUT2D eigenvalue weighted by Crippen LogP contribution is -2.29. The van der Waals surface area contributed by atoms with E-state index in [-0.39, 0.29) is 22.6 Å². The third kappa shape index (κ3) is 3.61. The minimum atomic E-state index is -1.28. The van der Waals surface area contributed by atoms with Gasteiger partial charge in [-0.3, -0.25) is 14.5 Å². The second-order valence-corrected chi connectivity index (χ2v) is 7.82. The molecule has 4 rings (SSSR count). The number of ether oxygens (including phenoxy) is 1. The van der Waals surface area contributed by atoms with E-state index in [9.17, 15) is 24.2 Å². The molecule has 1 atom stereocenters. The van der Waals surface area contributed by atoms with Crippen LogP contribution >= 0.6 is 0 Å². The number of aromatic hydroxyl groups is 1. The molecule has 0 saturated carbocycles. The highest BCUT2D eigenvalue weighted by Crippen LogP contribution is 2.45. The molecule has 1 amide bonds.